The van der Waals surface area contributed by atoms with E-state index in [1.54, 1.807) is 0 Å². The van der Waals surface area contributed by atoms with Crippen molar-refractivity contribution < 1.29 is 8.83 Å². The van der Waals surface area contributed by atoms with Gasteiger partial charge in [-0.25, -0.2) is 19.9 Å². The molecular formula is C125H74ClN7O2. The second-order valence-electron chi connectivity index (χ2n) is 35.3. The minimum atomic E-state index is 0.270. The van der Waals surface area contributed by atoms with Gasteiger partial charge in [-0.05, 0) is 195 Å². The molecule has 0 atom stereocenters. The third-order valence-corrected chi connectivity index (χ3v) is 28.2. The number of para-hydroxylation sites is 7. The molecule has 0 unspecified atom stereocenters. The first-order valence-corrected chi connectivity index (χ1v) is 46.3. The van der Waals surface area contributed by atoms with Gasteiger partial charge in [-0.3, -0.25) is 4.57 Å². The first-order valence-electron chi connectivity index (χ1n) is 45.9. The van der Waals surface area contributed by atoms with Crippen LogP contribution in [-0.4, -0.2) is 33.6 Å². The molecule has 1 aliphatic rings. The Morgan fingerprint density at radius 3 is 1.13 bits per heavy atom. The number of furan rings is 2. The van der Waals surface area contributed by atoms with E-state index in [0.29, 0.717) is 5.95 Å². The number of hydrogen-bond acceptors (Lipinski definition) is 6. The molecule has 9 nitrogen and oxygen atoms in total. The van der Waals surface area contributed by atoms with Gasteiger partial charge in [0.25, 0.3) is 0 Å². The third kappa shape index (κ3) is 11.7. The Labute approximate surface area is 777 Å². The molecule has 7 aromatic heterocycles. The summed E-state index contributed by atoms with van der Waals surface area (Å²) in [4.78, 5) is 20.5. The normalized spacial score (nSPS) is 12.2. The fourth-order valence-electron chi connectivity index (χ4n) is 22.3. The van der Waals surface area contributed by atoms with Crippen molar-refractivity contribution in [1.29, 1.82) is 0 Å². The van der Waals surface area contributed by atoms with E-state index < -0.39 is 0 Å². The molecule has 0 bridgehead atoms. The number of benzene rings is 22. The SMILES string of the molecule is Clc1nc(-c2ccccc2)c2c3ccccc3c3ccccc3c2n1.c1ccc(-c2nc(-n3c4ccccc4c4c5ccc(-c6ccc7c(c6)c6ccccc6n7-c6ccccc6)cc5c5c6ccccc6oc5c43)nc3c4ccccc4c4ccccc4c23)cc1.c1ccc(-n2c3ccccc3c3cc(-c4ccc5c6c(c7oc8ccccc8c7c5c4)Cc4ccccc4-6)ccc32)cc1. The highest BCUT2D eigenvalue weighted by molar-refractivity contribution is 6.37. The van der Waals surface area contributed by atoms with Crippen molar-refractivity contribution >= 4 is 207 Å². The Balaban J connectivity index is 0.000000113. The summed E-state index contributed by atoms with van der Waals surface area (Å²) in [6.45, 7) is 0. The van der Waals surface area contributed by atoms with Crippen LogP contribution in [0.4, 0.5) is 0 Å². The van der Waals surface area contributed by atoms with E-state index in [0.717, 1.165) is 155 Å². The van der Waals surface area contributed by atoms with Crippen LogP contribution in [0.2, 0.25) is 5.28 Å². The van der Waals surface area contributed by atoms with Gasteiger partial charge >= 0.3 is 0 Å². The summed E-state index contributed by atoms with van der Waals surface area (Å²) in [7, 11) is 0. The van der Waals surface area contributed by atoms with Crippen LogP contribution in [0.25, 0.3) is 269 Å². The van der Waals surface area contributed by atoms with Gasteiger partial charge in [0.1, 0.15) is 22.3 Å². The van der Waals surface area contributed by atoms with E-state index in [-0.39, 0.29) is 5.28 Å². The Morgan fingerprint density at radius 1 is 0.230 bits per heavy atom. The zero-order valence-corrected chi connectivity index (χ0v) is 73.4. The van der Waals surface area contributed by atoms with E-state index in [1.165, 1.54) is 126 Å². The van der Waals surface area contributed by atoms with Crippen LogP contribution in [0, 0.1) is 0 Å². The number of rotatable bonds is 7. The predicted octanol–water partition coefficient (Wildman–Crippen LogP) is 33.8. The van der Waals surface area contributed by atoms with Crippen LogP contribution >= 0.6 is 11.6 Å². The van der Waals surface area contributed by atoms with Gasteiger partial charge in [0, 0.05) is 110 Å². The molecule has 0 aliphatic heterocycles. The molecule has 29 aromatic rings. The number of hydrogen-bond donors (Lipinski definition) is 0. The van der Waals surface area contributed by atoms with Crippen molar-refractivity contribution in [1.82, 2.24) is 33.6 Å². The zero-order chi connectivity index (χ0) is 88.6. The lowest BCUT2D eigenvalue weighted by Crippen LogP contribution is -2.04. The highest BCUT2D eigenvalue weighted by Crippen LogP contribution is 2.53. The van der Waals surface area contributed by atoms with Crippen molar-refractivity contribution in [2.24, 2.45) is 0 Å². The maximum absolute atomic E-state index is 7.11. The van der Waals surface area contributed by atoms with Gasteiger partial charge in [-0.2, -0.15) is 0 Å². The van der Waals surface area contributed by atoms with Crippen molar-refractivity contribution in [2.75, 3.05) is 0 Å². The van der Waals surface area contributed by atoms with Crippen molar-refractivity contribution in [3.8, 4) is 73.2 Å². The van der Waals surface area contributed by atoms with E-state index in [9.17, 15) is 0 Å². The van der Waals surface area contributed by atoms with Crippen LogP contribution in [-0.2, 0) is 6.42 Å². The van der Waals surface area contributed by atoms with E-state index in [1.807, 2.05) is 24.3 Å². The topological polar surface area (TPSA) is 92.6 Å². The molecule has 135 heavy (non-hydrogen) atoms. The standard InChI is InChI=1S/C62H36N4O.C41H25NO.C22H13ClN2/c1-3-17-37(18-4-1)58-57-44-24-9-7-21-41(44)42-22-8-10-25-46(42)59(57)64-62(63-58)66-52-29-15-12-26-47(52)55-45-33-31-38(36-50(45)56-48-27-13-16-30-54(48)67-61(56)60(55)66)39-32-34-53-49(35-39)43-23-11-14-28-51(43)65(53)40-19-5-2-6-20-40;1-2-11-28(12-3-1)42-36-16-8-6-14-30(36)33-22-26(19-21-37(33)42)25-18-20-31-34(23-25)40-32-15-7-9-17-38(32)43-41(40)35-24-27-10-4-5-13-29(27)39(31)35;23-22-24-20(14-8-2-1-3-9-14)19-17-12-6-4-10-15(17)16-11-5-7-13-18(16)21(19)25-22/h1-36H;1-23H,24H2;1-13H. The lowest BCUT2D eigenvalue weighted by molar-refractivity contribution is 0.665. The van der Waals surface area contributed by atoms with Crippen molar-refractivity contribution in [2.45, 2.75) is 6.42 Å². The molecule has 0 saturated carbocycles. The molecule has 30 rings (SSSR count). The minimum absolute atomic E-state index is 0.270. The summed E-state index contributed by atoms with van der Waals surface area (Å²) in [5.41, 5.74) is 28.4. The smallest absolute Gasteiger partial charge is 0.235 e. The van der Waals surface area contributed by atoms with Gasteiger partial charge in [0.15, 0.2) is 5.58 Å². The second-order valence-corrected chi connectivity index (χ2v) is 35.6. The van der Waals surface area contributed by atoms with Crippen LogP contribution in [0.3, 0.4) is 0 Å². The Bertz CT molecular complexity index is 10100. The first kappa shape index (κ1) is 76.3. The molecule has 0 fully saturated rings. The monoisotopic (exact) mass is 1740 g/mol. The van der Waals surface area contributed by atoms with Gasteiger partial charge in [-0.15, -0.1) is 0 Å². The molecule has 0 saturated heterocycles. The van der Waals surface area contributed by atoms with E-state index >= 15 is 0 Å². The number of fused-ring (bicyclic) bond motifs is 38. The number of aromatic nitrogens is 7. The Hall–Kier alpha value is -17.6. The minimum Gasteiger partial charge on any atom is -0.456 e. The molecular weight excluding hydrogens is 1670 g/mol. The average Bonchev–Trinajstić information content (AvgIpc) is 1.54. The molecule has 0 amide bonds. The number of nitrogens with zero attached hydrogens (tertiary/aromatic N) is 7. The summed E-state index contributed by atoms with van der Waals surface area (Å²) in [5.74, 6) is 0.596. The van der Waals surface area contributed by atoms with Crippen LogP contribution in [0.5, 0.6) is 0 Å². The first-order chi connectivity index (χ1) is 66.9. The third-order valence-electron chi connectivity index (χ3n) is 28.1. The zero-order valence-electron chi connectivity index (χ0n) is 72.6. The number of halogens is 1. The van der Waals surface area contributed by atoms with Gasteiger partial charge in [-0.1, -0.05) is 346 Å². The molecule has 0 spiro atoms. The van der Waals surface area contributed by atoms with E-state index in [4.69, 9.17) is 30.4 Å². The molecule has 0 radical (unpaired) electrons. The average molecular weight is 1740 g/mol. The fourth-order valence-corrected chi connectivity index (χ4v) is 22.5. The molecule has 22 aromatic carbocycles. The van der Waals surface area contributed by atoms with Gasteiger partial charge in [0.05, 0.1) is 50.0 Å². The van der Waals surface area contributed by atoms with Crippen LogP contribution in [0.1, 0.15) is 11.1 Å². The Kier molecular flexibility index (Phi) is 17.1. The van der Waals surface area contributed by atoms with Gasteiger partial charge in [0.2, 0.25) is 11.2 Å². The van der Waals surface area contributed by atoms with Crippen LogP contribution < -0.4 is 0 Å². The molecule has 7 heterocycles. The highest BCUT2D eigenvalue weighted by atomic mass is 35.5. The van der Waals surface area contributed by atoms with Crippen molar-refractivity contribution in [3.05, 3.63) is 453 Å². The molecule has 0 N–H and O–H groups in total. The maximum Gasteiger partial charge on any atom is 0.235 e. The maximum atomic E-state index is 7.11. The summed E-state index contributed by atoms with van der Waals surface area (Å²) in [6, 6.07) is 156. The second kappa shape index (κ2) is 30.2. The van der Waals surface area contributed by atoms with Crippen LogP contribution in [0.15, 0.2) is 446 Å². The predicted molar refractivity (Wildman–Crippen MR) is 563 cm³/mol. The molecule has 10 heteroatoms. The summed E-state index contributed by atoms with van der Waals surface area (Å²) in [6.07, 6.45) is 0.904. The lowest BCUT2D eigenvalue weighted by atomic mass is 9.91. The van der Waals surface area contributed by atoms with Crippen molar-refractivity contribution in [3.63, 3.8) is 0 Å². The largest absolute Gasteiger partial charge is 0.456 e. The van der Waals surface area contributed by atoms with Gasteiger partial charge < -0.3 is 18.0 Å². The molecule has 628 valence electrons. The summed E-state index contributed by atoms with van der Waals surface area (Å²) in [5, 5.41) is 28.1. The summed E-state index contributed by atoms with van der Waals surface area (Å²) < 4.78 is 20.7. The fraction of sp³-hybridized carbons (Fsp3) is 0.00800. The highest BCUT2D eigenvalue weighted by Gasteiger charge is 2.31. The van der Waals surface area contributed by atoms with E-state index in [2.05, 4.69) is 436 Å². The lowest BCUT2D eigenvalue weighted by Gasteiger charge is -2.16. The summed E-state index contributed by atoms with van der Waals surface area (Å²) >= 11 is 6.30. The Morgan fingerprint density at radius 2 is 0.593 bits per heavy atom. The quantitative estimate of drug-likeness (QED) is 0.117. The molecule has 1 aliphatic carbocycles.